The lowest BCUT2D eigenvalue weighted by Gasteiger charge is -2.15. The minimum Gasteiger partial charge on any atom is -0.394 e. The zero-order valence-corrected chi connectivity index (χ0v) is 9.40. The van der Waals surface area contributed by atoms with Crippen molar-refractivity contribution < 1.29 is 24.8 Å². The molecule has 1 atom stereocenters. The highest BCUT2D eigenvalue weighted by atomic mass is 17.2. The van der Waals surface area contributed by atoms with Crippen LogP contribution in [0.1, 0.15) is 34.6 Å². The summed E-state index contributed by atoms with van der Waals surface area (Å²) in [6, 6.07) is 0. The number of aliphatic hydroxyl groups is 2. The fraction of sp³-hybridized carbons (Fsp3) is 0.889. The molecule has 0 bridgehead atoms. The van der Waals surface area contributed by atoms with E-state index in [2.05, 4.69) is 9.78 Å². The molecule has 14 heavy (non-hydrogen) atoms. The zero-order valence-electron chi connectivity index (χ0n) is 9.40. The van der Waals surface area contributed by atoms with Crippen LogP contribution in [0.4, 0.5) is 0 Å². The van der Waals surface area contributed by atoms with Crippen LogP contribution < -0.4 is 0 Å². The number of carbonyl (C=O) groups excluding carboxylic acids is 1. The second kappa shape index (κ2) is 7.73. The molecule has 0 aromatic heterocycles. The summed E-state index contributed by atoms with van der Waals surface area (Å²) in [6.07, 6.45) is -0.560. The van der Waals surface area contributed by atoms with Crippen LogP contribution in [0.3, 0.4) is 0 Å². The van der Waals surface area contributed by atoms with Gasteiger partial charge in [0, 0.05) is 6.92 Å². The van der Waals surface area contributed by atoms with Gasteiger partial charge in [0.1, 0.15) is 5.60 Å². The molecule has 0 aliphatic heterocycles. The molecule has 0 amide bonds. The minimum absolute atomic E-state index is 0.139. The first-order chi connectivity index (χ1) is 6.19. The average Bonchev–Trinajstić information content (AvgIpc) is 2.01. The van der Waals surface area contributed by atoms with Gasteiger partial charge in [0.15, 0.2) is 0 Å². The van der Waals surface area contributed by atoms with Gasteiger partial charge in [-0.05, 0) is 27.7 Å². The lowest BCUT2D eigenvalue weighted by atomic mass is 10.2. The maximum atomic E-state index is 10.1. The van der Waals surface area contributed by atoms with Gasteiger partial charge in [0.25, 0.3) is 0 Å². The normalized spacial score (nSPS) is 12.5. The first-order valence-corrected chi connectivity index (χ1v) is 4.34. The molecular formula is C9H20O5. The molecular weight excluding hydrogens is 188 g/mol. The molecule has 0 aliphatic rings. The topological polar surface area (TPSA) is 76.0 Å². The van der Waals surface area contributed by atoms with Gasteiger partial charge in [-0.3, -0.25) is 4.89 Å². The van der Waals surface area contributed by atoms with E-state index in [1.807, 2.05) is 0 Å². The van der Waals surface area contributed by atoms with Crippen LogP contribution in [0, 0.1) is 0 Å². The second-order valence-electron chi connectivity index (χ2n) is 3.80. The predicted molar refractivity (Wildman–Crippen MR) is 51.4 cm³/mol. The van der Waals surface area contributed by atoms with Crippen molar-refractivity contribution in [1.82, 2.24) is 0 Å². The Morgan fingerprint density at radius 2 is 1.79 bits per heavy atom. The first-order valence-electron chi connectivity index (χ1n) is 4.34. The Balaban J connectivity index is 0. The molecule has 0 aromatic carbocycles. The summed E-state index contributed by atoms with van der Waals surface area (Å²) < 4.78 is 0. The first kappa shape index (κ1) is 15.8. The van der Waals surface area contributed by atoms with E-state index in [1.54, 1.807) is 20.8 Å². The van der Waals surface area contributed by atoms with Crippen molar-refractivity contribution in [3.8, 4) is 0 Å². The van der Waals surface area contributed by atoms with Gasteiger partial charge in [-0.15, -0.1) is 0 Å². The zero-order chi connectivity index (χ0) is 11.8. The highest BCUT2D eigenvalue weighted by molar-refractivity contribution is 5.65. The minimum atomic E-state index is -0.560. The molecule has 2 N–H and O–H groups in total. The van der Waals surface area contributed by atoms with E-state index in [4.69, 9.17) is 10.2 Å². The van der Waals surface area contributed by atoms with Gasteiger partial charge in [-0.2, -0.15) is 4.89 Å². The van der Waals surface area contributed by atoms with E-state index in [-0.39, 0.29) is 6.61 Å². The SMILES string of the molecule is CC(=O)OOC(C)(C)C.CC(O)CO. The molecule has 0 saturated carbocycles. The Hall–Kier alpha value is -0.650. The number of carbonyl (C=O) groups is 1. The van der Waals surface area contributed by atoms with Crippen molar-refractivity contribution in [3.05, 3.63) is 0 Å². The molecule has 0 radical (unpaired) electrons. The molecule has 5 heteroatoms. The lowest BCUT2D eigenvalue weighted by Crippen LogP contribution is -2.20. The van der Waals surface area contributed by atoms with E-state index in [1.165, 1.54) is 13.8 Å². The van der Waals surface area contributed by atoms with Crippen molar-refractivity contribution >= 4 is 5.97 Å². The molecule has 0 rings (SSSR count). The maximum Gasteiger partial charge on any atom is 0.339 e. The summed E-state index contributed by atoms with van der Waals surface area (Å²) in [5, 5.41) is 16.0. The highest BCUT2D eigenvalue weighted by Crippen LogP contribution is 2.06. The summed E-state index contributed by atoms with van der Waals surface area (Å²) in [7, 11) is 0. The summed E-state index contributed by atoms with van der Waals surface area (Å²) in [6.45, 7) is 8.09. The van der Waals surface area contributed by atoms with Crippen LogP contribution in [0.2, 0.25) is 0 Å². The molecule has 0 fully saturated rings. The second-order valence-corrected chi connectivity index (χ2v) is 3.80. The van der Waals surface area contributed by atoms with Crippen LogP contribution >= 0.6 is 0 Å². The molecule has 0 saturated heterocycles. The third-order valence-corrected chi connectivity index (χ3v) is 0.673. The van der Waals surface area contributed by atoms with Crippen LogP contribution in [-0.4, -0.2) is 34.5 Å². The smallest absolute Gasteiger partial charge is 0.339 e. The Morgan fingerprint density at radius 3 is 1.86 bits per heavy atom. The molecule has 5 nitrogen and oxygen atoms in total. The van der Waals surface area contributed by atoms with Gasteiger partial charge < -0.3 is 10.2 Å². The van der Waals surface area contributed by atoms with Crippen molar-refractivity contribution in [2.24, 2.45) is 0 Å². The molecule has 86 valence electrons. The predicted octanol–water partition coefficient (Wildman–Crippen LogP) is 0.639. The molecule has 0 spiro atoms. The van der Waals surface area contributed by atoms with Gasteiger partial charge in [0.05, 0.1) is 12.7 Å². The third-order valence-electron chi connectivity index (χ3n) is 0.673. The largest absolute Gasteiger partial charge is 0.394 e. The van der Waals surface area contributed by atoms with Gasteiger partial charge in [-0.1, -0.05) is 0 Å². The van der Waals surface area contributed by atoms with Crippen LogP contribution in [-0.2, 0) is 14.6 Å². The fourth-order valence-corrected chi connectivity index (χ4v) is 0.184. The molecule has 0 heterocycles. The van der Waals surface area contributed by atoms with Crippen molar-refractivity contribution in [2.75, 3.05) is 6.61 Å². The number of hydrogen-bond acceptors (Lipinski definition) is 5. The Morgan fingerprint density at radius 1 is 1.43 bits per heavy atom. The summed E-state index contributed by atoms with van der Waals surface area (Å²) in [4.78, 5) is 19.1. The van der Waals surface area contributed by atoms with Crippen LogP contribution in [0.15, 0.2) is 0 Å². The summed E-state index contributed by atoms with van der Waals surface area (Å²) >= 11 is 0. The van der Waals surface area contributed by atoms with E-state index in [0.29, 0.717) is 0 Å². The Labute approximate surface area is 84.6 Å². The van der Waals surface area contributed by atoms with Crippen molar-refractivity contribution in [1.29, 1.82) is 0 Å². The van der Waals surface area contributed by atoms with Crippen molar-refractivity contribution in [3.63, 3.8) is 0 Å². The van der Waals surface area contributed by atoms with Gasteiger partial charge >= 0.3 is 5.97 Å². The average molecular weight is 208 g/mol. The number of aliphatic hydroxyl groups excluding tert-OH is 2. The lowest BCUT2D eigenvalue weighted by molar-refractivity contribution is -0.318. The maximum absolute atomic E-state index is 10.1. The number of hydrogen-bond donors (Lipinski definition) is 2. The number of rotatable bonds is 2. The molecule has 0 aliphatic carbocycles. The summed E-state index contributed by atoms with van der Waals surface area (Å²) in [5.74, 6) is -0.426. The monoisotopic (exact) mass is 208 g/mol. The highest BCUT2D eigenvalue weighted by Gasteiger charge is 2.12. The Kier molecular flexibility index (Phi) is 8.72. The standard InChI is InChI=1S/C6H12O3.C3H8O2/c1-5(7)8-9-6(2,3)4;1-3(5)2-4/h1-4H3;3-5H,2H2,1H3. The van der Waals surface area contributed by atoms with Gasteiger partial charge in [-0.25, -0.2) is 4.79 Å². The molecule has 0 aromatic rings. The Bertz CT molecular complexity index is 148. The summed E-state index contributed by atoms with van der Waals surface area (Å²) in [5.41, 5.74) is -0.411. The third kappa shape index (κ3) is 22.5. The van der Waals surface area contributed by atoms with E-state index in [0.717, 1.165) is 0 Å². The van der Waals surface area contributed by atoms with Crippen molar-refractivity contribution in [2.45, 2.75) is 46.3 Å². The molecule has 1 unspecified atom stereocenters. The van der Waals surface area contributed by atoms with E-state index >= 15 is 0 Å². The quantitative estimate of drug-likeness (QED) is 0.514. The van der Waals surface area contributed by atoms with Crippen LogP contribution in [0.25, 0.3) is 0 Å². The fourth-order valence-electron chi connectivity index (χ4n) is 0.184. The van der Waals surface area contributed by atoms with E-state index in [9.17, 15) is 4.79 Å². The van der Waals surface area contributed by atoms with E-state index < -0.39 is 17.7 Å². The van der Waals surface area contributed by atoms with Crippen LogP contribution in [0.5, 0.6) is 0 Å². The van der Waals surface area contributed by atoms with Gasteiger partial charge in [0.2, 0.25) is 0 Å².